The molecule has 6 nitrogen and oxygen atoms in total. The van der Waals surface area contributed by atoms with Crippen molar-refractivity contribution in [2.24, 2.45) is 5.14 Å². The molecule has 0 aliphatic carbocycles. The van der Waals surface area contributed by atoms with Crippen molar-refractivity contribution in [2.45, 2.75) is 18.5 Å². The molecule has 0 saturated heterocycles. The quantitative estimate of drug-likeness (QED) is 0.746. The van der Waals surface area contributed by atoms with Gasteiger partial charge in [0.1, 0.15) is 22.2 Å². The molecule has 0 fully saturated rings. The Balaban J connectivity index is 2.28. The van der Waals surface area contributed by atoms with Crippen molar-refractivity contribution in [1.82, 2.24) is 10.1 Å². The summed E-state index contributed by atoms with van der Waals surface area (Å²) < 4.78 is 69.5. The van der Waals surface area contributed by atoms with Crippen molar-refractivity contribution in [2.75, 3.05) is 0 Å². The van der Waals surface area contributed by atoms with E-state index in [4.69, 9.17) is 9.66 Å². The third-order valence-corrected chi connectivity index (χ3v) is 4.54. The molecular formula is C16H12F3N3O3S. The fourth-order valence-corrected chi connectivity index (χ4v) is 3.08. The molecule has 0 amide bonds. The van der Waals surface area contributed by atoms with Gasteiger partial charge in [-0.3, -0.25) is 4.98 Å². The zero-order valence-electron chi connectivity index (χ0n) is 13.3. The van der Waals surface area contributed by atoms with Crippen molar-refractivity contribution in [3.05, 3.63) is 53.4 Å². The maximum atomic E-state index is 14.5. The van der Waals surface area contributed by atoms with E-state index >= 15 is 0 Å². The molecule has 0 bridgehead atoms. The number of hydrogen-bond acceptors (Lipinski definition) is 5. The van der Waals surface area contributed by atoms with Crippen LogP contribution in [0.3, 0.4) is 0 Å². The van der Waals surface area contributed by atoms with Gasteiger partial charge in [-0.05, 0) is 31.2 Å². The van der Waals surface area contributed by atoms with Gasteiger partial charge in [0.25, 0.3) is 0 Å². The second kappa shape index (κ2) is 6.54. The van der Waals surface area contributed by atoms with E-state index in [1.54, 1.807) is 25.1 Å². The third kappa shape index (κ3) is 3.20. The van der Waals surface area contributed by atoms with Crippen LogP contribution < -0.4 is 5.14 Å². The molecule has 0 unspecified atom stereocenters. The second-order valence-corrected chi connectivity index (χ2v) is 6.96. The van der Waals surface area contributed by atoms with Crippen LogP contribution in [0.2, 0.25) is 0 Å². The molecule has 0 radical (unpaired) electrons. The maximum absolute atomic E-state index is 14.5. The zero-order valence-corrected chi connectivity index (χ0v) is 14.1. The van der Waals surface area contributed by atoms with Crippen LogP contribution in [-0.4, -0.2) is 18.6 Å². The SMILES string of the molecule is Cc1cccc(-c2noc(CF)c2-c2cc(F)c(S(N)(=O)=O)cc2F)n1. The molecule has 136 valence electrons. The van der Waals surface area contributed by atoms with Crippen LogP contribution in [0.5, 0.6) is 0 Å². The fraction of sp³-hybridized carbons (Fsp3) is 0.125. The molecular weight excluding hydrogens is 371 g/mol. The minimum atomic E-state index is -4.47. The van der Waals surface area contributed by atoms with Crippen LogP contribution in [0.15, 0.2) is 39.8 Å². The van der Waals surface area contributed by atoms with Gasteiger partial charge in [-0.25, -0.2) is 26.7 Å². The molecule has 1 aromatic carbocycles. The highest BCUT2D eigenvalue weighted by Gasteiger charge is 2.26. The number of hydrogen-bond donors (Lipinski definition) is 1. The third-order valence-electron chi connectivity index (χ3n) is 3.61. The predicted octanol–water partition coefficient (Wildman–Crippen LogP) is 3.11. The minimum absolute atomic E-state index is 0.00278. The van der Waals surface area contributed by atoms with E-state index in [0.717, 1.165) is 0 Å². The van der Waals surface area contributed by atoms with Crippen LogP contribution >= 0.6 is 0 Å². The molecule has 0 aliphatic heterocycles. The van der Waals surface area contributed by atoms with E-state index in [9.17, 15) is 21.6 Å². The van der Waals surface area contributed by atoms with Crippen LogP contribution in [-0.2, 0) is 16.7 Å². The van der Waals surface area contributed by atoms with Gasteiger partial charge < -0.3 is 4.52 Å². The molecule has 0 spiro atoms. The van der Waals surface area contributed by atoms with E-state index in [-0.39, 0.29) is 22.7 Å². The number of sulfonamides is 1. The average molecular weight is 383 g/mol. The van der Waals surface area contributed by atoms with Gasteiger partial charge in [0.2, 0.25) is 10.0 Å². The van der Waals surface area contributed by atoms with Crippen LogP contribution in [0.25, 0.3) is 22.5 Å². The normalized spacial score (nSPS) is 11.7. The first-order valence-electron chi connectivity index (χ1n) is 7.23. The van der Waals surface area contributed by atoms with Crippen molar-refractivity contribution >= 4 is 10.0 Å². The molecule has 2 N–H and O–H groups in total. The molecule has 26 heavy (non-hydrogen) atoms. The van der Waals surface area contributed by atoms with E-state index in [1.807, 2.05) is 0 Å². The number of benzene rings is 1. The van der Waals surface area contributed by atoms with Crippen LogP contribution in [0.4, 0.5) is 13.2 Å². The van der Waals surface area contributed by atoms with Gasteiger partial charge >= 0.3 is 0 Å². The number of halogens is 3. The van der Waals surface area contributed by atoms with Crippen molar-refractivity contribution in [1.29, 1.82) is 0 Å². The van der Waals surface area contributed by atoms with Gasteiger partial charge in [-0.2, -0.15) is 0 Å². The summed E-state index contributed by atoms with van der Waals surface area (Å²) in [6.45, 7) is 0.576. The number of primary sulfonamides is 1. The largest absolute Gasteiger partial charge is 0.357 e. The summed E-state index contributed by atoms with van der Waals surface area (Å²) in [5.74, 6) is -2.75. The summed E-state index contributed by atoms with van der Waals surface area (Å²) >= 11 is 0. The van der Waals surface area contributed by atoms with Gasteiger partial charge in [0.05, 0.1) is 11.3 Å². The summed E-state index contributed by atoms with van der Waals surface area (Å²) in [5, 5.41) is 8.56. The Morgan fingerprint density at radius 1 is 1.19 bits per heavy atom. The molecule has 0 saturated carbocycles. The van der Waals surface area contributed by atoms with Gasteiger partial charge in [-0.1, -0.05) is 11.2 Å². The summed E-state index contributed by atoms with van der Waals surface area (Å²) in [6, 6.07) is 5.96. The topological polar surface area (TPSA) is 99.1 Å². The molecule has 2 heterocycles. The fourth-order valence-electron chi connectivity index (χ4n) is 2.48. The lowest BCUT2D eigenvalue weighted by atomic mass is 10.0. The number of rotatable bonds is 4. The first-order chi connectivity index (χ1) is 12.2. The van der Waals surface area contributed by atoms with E-state index in [0.29, 0.717) is 17.8 Å². The Kier molecular flexibility index (Phi) is 4.55. The van der Waals surface area contributed by atoms with E-state index in [1.165, 1.54) is 0 Å². The zero-order chi connectivity index (χ0) is 19.1. The Bertz CT molecular complexity index is 1100. The molecule has 0 aliphatic rings. The highest BCUT2D eigenvalue weighted by Crippen LogP contribution is 2.37. The number of nitrogens with zero attached hydrogens (tertiary/aromatic N) is 2. The molecule has 3 rings (SSSR count). The Morgan fingerprint density at radius 3 is 2.54 bits per heavy atom. The summed E-state index contributed by atoms with van der Waals surface area (Å²) in [4.78, 5) is 3.20. The number of pyridine rings is 1. The number of nitrogens with two attached hydrogens (primary N) is 1. The highest BCUT2D eigenvalue weighted by atomic mass is 32.2. The Hall–Kier alpha value is -2.72. The van der Waals surface area contributed by atoms with Crippen LogP contribution in [0, 0.1) is 18.6 Å². The lowest BCUT2D eigenvalue weighted by Gasteiger charge is -2.08. The predicted molar refractivity (Wildman–Crippen MR) is 86.0 cm³/mol. The second-order valence-electron chi connectivity index (χ2n) is 5.43. The maximum Gasteiger partial charge on any atom is 0.241 e. The monoisotopic (exact) mass is 383 g/mol. The number of alkyl halides is 1. The lowest BCUT2D eigenvalue weighted by molar-refractivity contribution is 0.332. The number of aryl methyl sites for hydroxylation is 1. The standard InChI is InChI=1S/C16H12F3N3O3S/c1-8-3-2-4-12(21-8)16-15(13(7-17)25-22-16)9-5-11(19)14(6-10(9)18)26(20,23)24/h2-6H,7H2,1H3,(H2,20,23,24). The molecule has 10 heteroatoms. The van der Waals surface area contributed by atoms with Crippen LogP contribution in [0.1, 0.15) is 11.5 Å². The van der Waals surface area contributed by atoms with E-state index in [2.05, 4.69) is 10.1 Å². The Labute approximate surface area is 146 Å². The number of aromatic nitrogens is 2. The van der Waals surface area contributed by atoms with Gasteiger partial charge in [0, 0.05) is 11.3 Å². The average Bonchev–Trinajstić information content (AvgIpc) is 2.99. The first-order valence-corrected chi connectivity index (χ1v) is 8.77. The minimum Gasteiger partial charge on any atom is -0.357 e. The molecule has 2 aromatic heterocycles. The van der Waals surface area contributed by atoms with Crippen molar-refractivity contribution in [3.63, 3.8) is 0 Å². The molecule has 3 aromatic rings. The Morgan fingerprint density at radius 2 is 1.92 bits per heavy atom. The summed E-state index contributed by atoms with van der Waals surface area (Å²) in [5.41, 5.74) is 0.321. The first kappa shape index (κ1) is 18.1. The van der Waals surface area contributed by atoms with E-state index < -0.39 is 38.8 Å². The van der Waals surface area contributed by atoms with Gasteiger partial charge in [-0.15, -0.1) is 0 Å². The van der Waals surface area contributed by atoms with Gasteiger partial charge in [0.15, 0.2) is 12.4 Å². The van der Waals surface area contributed by atoms with Crippen molar-refractivity contribution in [3.8, 4) is 22.5 Å². The lowest BCUT2D eigenvalue weighted by Crippen LogP contribution is -2.14. The van der Waals surface area contributed by atoms with Crippen molar-refractivity contribution < 1.29 is 26.1 Å². The smallest absolute Gasteiger partial charge is 0.241 e. The highest BCUT2D eigenvalue weighted by molar-refractivity contribution is 7.89. The molecule has 0 atom stereocenters. The summed E-state index contributed by atoms with van der Waals surface area (Å²) in [7, 11) is -4.47. The summed E-state index contributed by atoms with van der Waals surface area (Å²) in [6.07, 6.45) is 0.